The lowest BCUT2D eigenvalue weighted by molar-refractivity contribution is -0.115. The van der Waals surface area contributed by atoms with Crippen LogP contribution in [-0.2, 0) is 11.8 Å². The molecule has 0 radical (unpaired) electrons. The van der Waals surface area contributed by atoms with E-state index in [4.69, 9.17) is 0 Å². The maximum absolute atomic E-state index is 12.5. The number of thiazole rings is 1. The van der Waals surface area contributed by atoms with E-state index in [1.165, 1.54) is 23.1 Å². The summed E-state index contributed by atoms with van der Waals surface area (Å²) in [5, 5.41) is 12.5. The number of benzene rings is 1. The van der Waals surface area contributed by atoms with Gasteiger partial charge in [-0.1, -0.05) is 36.0 Å². The molecular weight excluding hydrogens is 366 g/mol. The third-order valence-electron chi connectivity index (χ3n) is 4.13. The van der Waals surface area contributed by atoms with Crippen LogP contribution in [0.3, 0.4) is 0 Å². The van der Waals surface area contributed by atoms with Crippen LogP contribution in [0.15, 0.2) is 29.4 Å². The van der Waals surface area contributed by atoms with Gasteiger partial charge in [0.1, 0.15) is 0 Å². The van der Waals surface area contributed by atoms with Gasteiger partial charge in [-0.3, -0.25) is 4.79 Å². The molecule has 2 aromatic heterocycles. The predicted molar refractivity (Wildman–Crippen MR) is 107 cm³/mol. The predicted octanol–water partition coefficient (Wildman–Crippen LogP) is 3.98. The van der Waals surface area contributed by atoms with Crippen LogP contribution in [0.4, 0.5) is 5.13 Å². The number of anilines is 1. The second-order valence-corrected chi connectivity index (χ2v) is 8.60. The van der Waals surface area contributed by atoms with Crippen molar-refractivity contribution in [1.29, 1.82) is 0 Å². The van der Waals surface area contributed by atoms with E-state index in [-0.39, 0.29) is 11.2 Å². The molecule has 26 heavy (non-hydrogen) atoms. The van der Waals surface area contributed by atoms with E-state index in [9.17, 15) is 4.79 Å². The summed E-state index contributed by atoms with van der Waals surface area (Å²) >= 11 is 2.87. The molecule has 0 aliphatic rings. The summed E-state index contributed by atoms with van der Waals surface area (Å²) in [7, 11) is 1.92. The number of amides is 1. The van der Waals surface area contributed by atoms with Gasteiger partial charge in [-0.15, -0.1) is 21.5 Å². The number of hydrogen-bond acceptors (Lipinski definition) is 6. The number of carbonyl (C=O) groups excluding carboxylic acids is 1. The van der Waals surface area contributed by atoms with Gasteiger partial charge in [-0.2, -0.15) is 0 Å². The second kappa shape index (κ2) is 7.59. The molecule has 1 aromatic carbocycles. The summed E-state index contributed by atoms with van der Waals surface area (Å²) in [6, 6.07) is 8.05. The normalized spacial score (nSPS) is 12.2. The minimum atomic E-state index is -0.313. The van der Waals surface area contributed by atoms with E-state index >= 15 is 0 Å². The van der Waals surface area contributed by atoms with Gasteiger partial charge in [-0.05, 0) is 33.3 Å². The van der Waals surface area contributed by atoms with Gasteiger partial charge >= 0.3 is 0 Å². The summed E-state index contributed by atoms with van der Waals surface area (Å²) in [6.45, 7) is 7.83. The van der Waals surface area contributed by atoms with Crippen molar-refractivity contribution in [2.75, 3.05) is 5.32 Å². The Morgan fingerprint density at radius 1 is 1.23 bits per heavy atom. The summed E-state index contributed by atoms with van der Waals surface area (Å²) in [5.74, 6) is 0.702. The number of nitrogens with zero attached hydrogens (tertiary/aromatic N) is 4. The van der Waals surface area contributed by atoms with Crippen molar-refractivity contribution < 1.29 is 4.79 Å². The average Bonchev–Trinajstić information content (AvgIpc) is 3.11. The van der Waals surface area contributed by atoms with Gasteiger partial charge in [0.2, 0.25) is 5.91 Å². The van der Waals surface area contributed by atoms with Gasteiger partial charge in [0.15, 0.2) is 16.1 Å². The van der Waals surface area contributed by atoms with Crippen LogP contribution < -0.4 is 5.32 Å². The van der Waals surface area contributed by atoms with Crippen LogP contribution in [0, 0.1) is 20.8 Å². The minimum Gasteiger partial charge on any atom is -0.305 e. The number of aromatic nitrogens is 4. The Balaban J connectivity index is 1.72. The summed E-state index contributed by atoms with van der Waals surface area (Å²) in [5.41, 5.74) is 3.13. The molecule has 1 amide bonds. The van der Waals surface area contributed by atoms with Crippen molar-refractivity contribution in [2.45, 2.75) is 38.1 Å². The molecule has 0 saturated carbocycles. The number of thioether (sulfide) groups is 1. The van der Waals surface area contributed by atoms with E-state index in [0.29, 0.717) is 10.3 Å². The summed E-state index contributed by atoms with van der Waals surface area (Å²) in [4.78, 5) is 17.9. The molecule has 6 nitrogen and oxygen atoms in total. The Labute approximate surface area is 161 Å². The van der Waals surface area contributed by atoms with Crippen LogP contribution in [0.5, 0.6) is 0 Å². The number of carbonyl (C=O) groups is 1. The molecule has 1 N–H and O–H groups in total. The Bertz CT molecular complexity index is 927. The van der Waals surface area contributed by atoms with E-state index in [0.717, 1.165) is 27.5 Å². The number of nitrogens with one attached hydrogen (secondary N) is 1. The highest BCUT2D eigenvalue weighted by molar-refractivity contribution is 8.00. The molecule has 0 aliphatic heterocycles. The van der Waals surface area contributed by atoms with Crippen molar-refractivity contribution in [2.24, 2.45) is 7.05 Å². The highest BCUT2D eigenvalue weighted by Gasteiger charge is 2.21. The van der Waals surface area contributed by atoms with Crippen molar-refractivity contribution in [3.05, 3.63) is 40.4 Å². The molecule has 1 atom stereocenters. The largest absolute Gasteiger partial charge is 0.305 e. The van der Waals surface area contributed by atoms with Crippen molar-refractivity contribution in [3.63, 3.8) is 0 Å². The second-order valence-electron chi connectivity index (χ2n) is 6.09. The zero-order chi connectivity index (χ0) is 18.8. The average molecular weight is 388 g/mol. The highest BCUT2D eigenvalue weighted by Crippen LogP contribution is 2.28. The monoisotopic (exact) mass is 387 g/mol. The van der Waals surface area contributed by atoms with Crippen molar-refractivity contribution in [1.82, 2.24) is 19.7 Å². The quantitative estimate of drug-likeness (QED) is 0.670. The Hall–Kier alpha value is -2.19. The van der Waals surface area contributed by atoms with Gasteiger partial charge in [0.25, 0.3) is 0 Å². The van der Waals surface area contributed by atoms with E-state index < -0.39 is 0 Å². The third-order valence-corrected chi connectivity index (χ3v) is 6.25. The topological polar surface area (TPSA) is 72.7 Å². The number of aryl methyl sites for hydroxylation is 3. The Kier molecular flexibility index (Phi) is 5.43. The van der Waals surface area contributed by atoms with Crippen LogP contribution in [0.2, 0.25) is 0 Å². The SMILES string of the molecule is Cc1ccccc1-c1nnc(S[C@@H](C)C(=O)Nc2nc(C)c(C)s2)n1C. The first-order valence-corrected chi connectivity index (χ1v) is 9.93. The van der Waals surface area contributed by atoms with Gasteiger partial charge in [-0.25, -0.2) is 4.98 Å². The standard InChI is InChI=1S/C18H21N5OS2/c1-10-8-6-7-9-14(10)15-21-22-18(23(15)5)26-13(4)16(24)20-17-19-11(2)12(3)25-17/h6-9,13H,1-5H3,(H,19,20,24)/t13-/m0/s1. The molecule has 0 unspecified atom stereocenters. The fourth-order valence-electron chi connectivity index (χ4n) is 2.42. The molecular formula is C18H21N5OS2. The molecule has 3 rings (SSSR count). The fraction of sp³-hybridized carbons (Fsp3) is 0.333. The number of hydrogen-bond donors (Lipinski definition) is 1. The van der Waals surface area contributed by atoms with Gasteiger partial charge < -0.3 is 9.88 Å². The lowest BCUT2D eigenvalue weighted by Crippen LogP contribution is -2.22. The number of rotatable bonds is 5. The van der Waals surface area contributed by atoms with Gasteiger partial charge in [0.05, 0.1) is 10.9 Å². The smallest absolute Gasteiger partial charge is 0.239 e. The zero-order valence-electron chi connectivity index (χ0n) is 15.4. The maximum Gasteiger partial charge on any atom is 0.239 e. The fourth-order valence-corrected chi connectivity index (χ4v) is 4.05. The highest BCUT2D eigenvalue weighted by atomic mass is 32.2. The van der Waals surface area contributed by atoms with Crippen LogP contribution >= 0.6 is 23.1 Å². The first-order valence-electron chi connectivity index (χ1n) is 8.23. The molecule has 0 saturated heterocycles. The molecule has 8 heteroatoms. The lowest BCUT2D eigenvalue weighted by Gasteiger charge is -2.10. The summed E-state index contributed by atoms with van der Waals surface area (Å²) < 4.78 is 1.93. The van der Waals surface area contributed by atoms with Crippen LogP contribution in [0.1, 0.15) is 23.1 Å². The van der Waals surface area contributed by atoms with Crippen molar-refractivity contribution >= 4 is 34.1 Å². The van der Waals surface area contributed by atoms with E-state index in [1.807, 2.05) is 63.6 Å². The molecule has 0 aliphatic carbocycles. The van der Waals surface area contributed by atoms with Crippen LogP contribution in [0.25, 0.3) is 11.4 Å². The van der Waals surface area contributed by atoms with Crippen LogP contribution in [-0.4, -0.2) is 30.9 Å². The Morgan fingerprint density at radius 3 is 2.62 bits per heavy atom. The molecule has 0 spiro atoms. The molecule has 0 bridgehead atoms. The minimum absolute atomic E-state index is 0.0933. The third kappa shape index (κ3) is 3.81. The summed E-state index contributed by atoms with van der Waals surface area (Å²) in [6.07, 6.45) is 0. The molecule has 2 heterocycles. The first kappa shape index (κ1) is 18.6. The molecule has 136 valence electrons. The lowest BCUT2D eigenvalue weighted by atomic mass is 10.1. The molecule has 0 fully saturated rings. The molecule has 3 aromatic rings. The Morgan fingerprint density at radius 2 is 1.96 bits per heavy atom. The van der Waals surface area contributed by atoms with E-state index in [2.05, 4.69) is 20.5 Å². The maximum atomic E-state index is 12.5. The van der Waals surface area contributed by atoms with Crippen molar-refractivity contribution in [3.8, 4) is 11.4 Å². The first-order chi connectivity index (χ1) is 12.4. The zero-order valence-corrected chi connectivity index (χ0v) is 17.0. The van der Waals surface area contributed by atoms with Gasteiger partial charge in [0, 0.05) is 17.5 Å². The van der Waals surface area contributed by atoms with E-state index in [1.54, 1.807) is 0 Å².